The van der Waals surface area contributed by atoms with Gasteiger partial charge in [0.25, 0.3) is 0 Å². The third-order valence-corrected chi connectivity index (χ3v) is 12.0. The second kappa shape index (κ2) is 8.37. The van der Waals surface area contributed by atoms with E-state index in [1.165, 1.54) is 89.9 Å². The normalized spacial score (nSPS) is 32.4. The van der Waals surface area contributed by atoms with Crippen LogP contribution < -0.4 is 0 Å². The second-order valence-corrected chi connectivity index (χ2v) is 12.0. The predicted octanol–water partition coefficient (Wildman–Crippen LogP) is 7.15. The van der Waals surface area contributed by atoms with E-state index >= 15 is 0 Å². The van der Waals surface area contributed by atoms with E-state index in [2.05, 4.69) is 19.1 Å². The minimum Gasteiger partial charge on any atom is -0.323 e. The largest absolute Gasteiger partial charge is 0.323 e. The van der Waals surface area contributed by atoms with Crippen LogP contribution in [-0.2, 0) is 4.57 Å². The lowest BCUT2D eigenvalue weighted by molar-refractivity contribution is 0.382. The molecular formula is C21H37OP. The SMILES string of the molecule is C/C=C/C1CCCCC1P(=O)(C1CCCCC1)C1CCCCC1. The highest BCUT2D eigenvalue weighted by Gasteiger charge is 2.48. The van der Waals surface area contributed by atoms with Gasteiger partial charge < -0.3 is 4.57 Å². The van der Waals surface area contributed by atoms with Crippen LogP contribution >= 0.6 is 7.14 Å². The van der Waals surface area contributed by atoms with Gasteiger partial charge in [0, 0.05) is 17.0 Å². The summed E-state index contributed by atoms with van der Waals surface area (Å²) in [5, 5.41) is 0. The van der Waals surface area contributed by atoms with E-state index in [-0.39, 0.29) is 0 Å². The number of hydrogen-bond acceptors (Lipinski definition) is 1. The van der Waals surface area contributed by atoms with Crippen LogP contribution in [0.25, 0.3) is 0 Å². The van der Waals surface area contributed by atoms with Gasteiger partial charge >= 0.3 is 0 Å². The summed E-state index contributed by atoms with van der Waals surface area (Å²) in [4.78, 5) is 0. The van der Waals surface area contributed by atoms with Crippen LogP contribution in [0.5, 0.6) is 0 Å². The van der Waals surface area contributed by atoms with Crippen LogP contribution in [0.15, 0.2) is 12.2 Å². The summed E-state index contributed by atoms with van der Waals surface area (Å²) in [6, 6.07) is 0. The predicted molar refractivity (Wildman–Crippen MR) is 102 cm³/mol. The van der Waals surface area contributed by atoms with Crippen molar-refractivity contribution in [3.8, 4) is 0 Å². The van der Waals surface area contributed by atoms with Gasteiger partial charge in [-0.05, 0) is 51.4 Å². The Morgan fingerprint density at radius 2 is 1.17 bits per heavy atom. The summed E-state index contributed by atoms with van der Waals surface area (Å²) in [5.41, 5.74) is 1.68. The fraction of sp³-hybridized carbons (Fsp3) is 0.905. The summed E-state index contributed by atoms with van der Waals surface area (Å²) in [6.07, 6.45) is 23.0. The Morgan fingerprint density at radius 1 is 0.696 bits per heavy atom. The van der Waals surface area contributed by atoms with Gasteiger partial charge in [-0.25, -0.2) is 0 Å². The van der Waals surface area contributed by atoms with Crippen LogP contribution in [0.3, 0.4) is 0 Å². The summed E-state index contributed by atoms with van der Waals surface area (Å²) in [5.74, 6) is 0.614. The molecule has 0 bridgehead atoms. The average molecular weight is 337 g/mol. The molecule has 3 aliphatic carbocycles. The lowest BCUT2D eigenvalue weighted by atomic mass is 9.88. The molecule has 0 heterocycles. The molecule has 3 rings (SSSR count). The smallest absolute Gasteiger partial charge is 0.0970 e. The van der Waals surface area contributed by atoms with E-state index < -0.39 is 7.14 Å². The quantitative estimate of drug-likeness (QED) is 0.393. The maximum atomic E-state index is 14.7. The Hall–Kier alpha value is -0.0300. The Morgan fingerprint density at radius 3 is 1.70 bits per heavy atom. The maximum absolute atomic E-state index is 14.7. The van der Waals surface area contributed by atoms with Crippen LogP contribution in [0.4, 0.5) is 0 Å². The molecule has 2 heteroatoms. The van der Waals surface area contributed by atoms with Gasteiger partial charge in [0.15, 0.2) is 0 Å². The van der Waals surface area contributed by atoms with Crippen molar-refractivity contribution >= 4 is 7.14 Å². The first-order valence-corrected chi connectivity index (χ1v) is 12.4. The summed E-state index contributed by atoms with van der Waals surface area (Å²) >= 11 is 0. The molecule has 0 saturated heterocycles. The summed E-state index contributed by atoms with van der Waals surface area (Å²) < 4.78 is 14.7. The highest BCUT2D eigenvalue weighted by molar-refractivity contribution is 7.66. The van der Waals surface area contributed by atoms with Gasteiger partial charge in [-0.2, -0.15) is 0 Å². The van der Waals surface area contributed by atoms with Crippen molar-refractivity contribution in [1.82, 2.24) is 0 Å². The zero-order chi connectivity index (χ0) is 16.1. The van der Waals surface area contributed by atoms with Crippen molar-refractivity contribution in [2.75, 3.05) is 0 Å². The first kappa shape index (κ1) is 17.8. The van der Waals surface area contributed by atoms with E-state index in [4.69, 9.17) is 0 Å². The molecule has 3 saturated carbocycles. The molecule has 3 fully saturated rings. The van der Waals surface area contributed by atoms with E-state index in [9.17, 15) is 4.57 Å². The van der Waals surface area contributed by atoms with Crippen LogP contribution in [0.1, 0.15) is 96.8 Å². The topological polar surface area (TPSA) is 17.1 Å². The summed E-state index contributed by atoms with van der Waals surface area (Å²) in [6.45, 7) is 2.15. The lowest BCUT2D eigenvalue weighted by Gasteiger charge is -2.46. The average Bonchev–Trinajstić information content (AvgIpc) is 2.63. The van der Waals surface area contributed by atoms with Crippen molar-refractivity contribution in [2.24, 2.45) is 5.92 Å². The molecule has 2 atom stereocenters. The molecule has 0 aromatic carbocycles. The van der Waals surface area contributed by atoms with E-state index in [0.717, 1.165) is 0 Å². The first-order valence-electron chi connectivity index (χ1n) is 10.5. The number of allylic oxidation sites excluding steroid dienone is 2. The third kappa shape index (κ3) is 3.81. The Kier molecular flexibility index (Phi) is 6.47. The van der Waals surface area contributed by atoms with Crippen LogP contribution in [0.2, 0.25) is 0 Å². The molecule has 1 nitrogen and oxygen atoms in total. The first-order chi connectivity index (χ1) is 11.3. The minimum absolute atomic E-state index is 0.527. The van der Waals surface area contributed by atoms with Gasteiger partial charge in [0.05, 0.1) is 7.14 Å². The Labute approximate surface area is 144 Å². The zero-order valence-corrected chi connectivity index (χ0v) is 16.1. The molecule has 3 aliphatic rings. The van der Waals surface area contributed by atoms with Crippen molar-refractivity contribution in [1.29, 1.82) is 0 Å². The molecular weight excluding hydrogens is 299 g/mol. The molecule has 0 N–H and O–H groups in total. The van der Waals surface area contributed by atoms with Crippen molar-refractivity contribution in [3.63, 3.8) is 0 Å². The fourth-order valence-corrected chi connectivity index (χ4v) is 11.4. The standard InChI is InChI=1S/C21H37OP/c1-2-11-18-12-9-10-17-21(18)23(22,19-13-5-3-6-14-19)20-15-7-4-8-16-20/h2,11,18-21H,3-10,12-17H2,1H3/b11-2+. The van der Waals surface area contributed by atoms with Crippen molar-refractivity contribution in [2.45, 2.75) is 114 Å². The highest BCUT2D eigenvalue weighted by atomic mass is 31.2. The molecule has 0 spiro atoms. The number of hydrogen-bond donors (Lipinski definition) is 0. The van der Waals surface area contributed by atoms with E-state index in [1.54, 1.807) is 0 Å². The van der Waals surface area contributed by atoms with E-state index in [1.807, 2.05) is 0 Å². The molecule has 0 aromatic rings. The van der Waals surface area contributed by atoms with Gasteiger partial charge in [0.2, 0.25) is 0 Å². The highest BCUT2D eigenvalue weighted by Crippen LogP contribution is 2.69. The minimum atomic E-state index is -2.08. The third-order valence-electron chi connectivity index (χ3n) is 7.03. The monoisotopic (exact) mass is 336 g/mol. The molecule has 2 unspecified atom stereocenters. The Balaban J connectivity index is 1.90. The molecule has 132 valence electrons. The Bertz CT molecular complexity index is 407. The van der Waals surface area contributed by atoms with Crippen molar-refractivity contribution in [3.05, 3.63) is 12.2 Å². The molecule has 23 heavy (non-hydrogen) atoms. The second-order valence-electron chi connectivity index (χ2n) is 8.39. The molecule has 0 aromatic heterocycles. The van der Waals surface area contributed by atoms with Gasteiger partial charge in [-0.3, -0.25) is 0 Å². The lowest BCUT2D eigenvalue weighted by Crippen LogP contribution is -2.35. The molecule has 0 amide bonds. The summed E-state index contributed by atoms with van der Waals surface area (Å²) in [7, 11) is -2.08. The maximum Gasteiger partial charge on any atom is 0.0970 e. The molecule has 0 radical (unpaired) electrons. The van der Waals surface area contributed by atoms with Crippen LogP contribution in [-0.4, -0.2) is 17.0 Å². The fourth-order valence-electron chi connectivity index (χ4n) is 5.92. The van der Waals surface area contributed by atoms with Gasteiger partial charge in [-0.1, -0.05) is 63.5 Å². The number of rotatable bonds is 4. The van der Waals surface area contributed by atoms with Gasteiger partial charge in [0.1, 0.15) is 0 Å². The van der Waals surface area contributed by atoms with Crippen molar-refractivity contribution < 1.29 is 4.57 Å². The van der Waals surface area contributed by atoms with Crippen LogP contribution in [0, 0.1) is 5.92 Å². The molecule has 0 aliphatic heterocycles. The van der Waals surface area contributed by atoms with Gasteiger partial charge in [-0.15, -0.1) is 0 Å². The zero-order valence-electron chi connectivity index (χ0n) is 15.2. The van der Waals surface area contributed by atoms with E-state index in [0.29, 0.717) is 22.9 Å².